The molecule has 0 aromatic carbocycles. The van der Waals surface area contributed by atoms with Crippen LogP contribution in [0.5, 0.6) is 0 Å². The monoisotopic (exact) mass is 295 g/mol. The highest BCUT2D eigenvalue weighted by atomic mass is 16.5. The van der Waals surface area contributed by atoms with Crippen LogP contribution in [0.4, 0.5) is 0 Å². The van der Waals surface area contributed by atoms with Crippen LogP contribution < -0.4 is 5.32 Å². The fraction of sp³-hybridized carbons (Fsp3) is 0.889. The van der Waals surface area contributed by atoms with Crippen LogP contribution in [0.25, 0.3) is 0 Å². The molecule has 0 saturated heterocycles. The van der Waals surface area contributed by atoms with Crippen LogP contribution in [0, 0.1) is 5.41 Å². The van der Waals surface area contributed by atoms with Gasteiger partial charge in [0.15, 0.2) is 0 Å². The first-order chi connectivity index (χ1) is 9.66. The molecule has 0 radical (unpaired) electrons. The molecule has 0 aromatic heterocycles. The van der Waals surface area contributed by atoms with E-state index in [-0.39, 0.29) is 22.7 Å². The van der Waals surface area contributed by atoms with Gasteiger partial charge in [-0.15, -0.1) is 0 Å². The zero-order chi connectivity index (χ0) is 15.7. The quantitative estimate of drug-likeness (QED) is 0.784. The standard InChI is InChI=1S/C18H33NO2/c1-16(2,3)18(10-6-15(20)7-11-18)21-17(4,5)14-8-12-19-13-9-14/h8,15,19-20H,6-7,9-13H2,1-5H3/t15-,18-. The second kappa shape index (κ2) is 6.02. The highest BCUT2D eigenvalue weighted by Gasteiger charge is 2.48. The van der Waals surface area contributed by atoms with Crippen molar-refractivity contribution in [1.82, 2.24) is 5.32 Å². The maximum Gasteiger partial charge on any atom is 0.0844 e. The summed E-state index contributed by atoms with van der Waals surface area (Å²) >= 11 is 0. The third kappa shape index (κ3) is 3.69. The van der Waals surface area contributed by atoms with E-state index in [1.165, 1.54) is 5.57 Å². The van der Waals surface area contributed by atoms with Crippen LogP contribution in [-0.2, 0) is 4.74 Å². The minimum atomic E-state index is -0.225. The Morgan fingerprint density at radius 1 is 1.19 bits per heavy atom. The molecule has 0 unspecified atom stereocenters. The summed E-state index contributed by atoms with van der Waals surface area (Å²) in [4.78, 5) is 0. The number of aliphatic hydroxyl groups is 1. The van der Waals surface area contributed by atoms with Crippen molar-refractivity contribution >= 4 is 0 Å². The van der Waals surface area contributed by atoms with E-state index in [0.717, 1.165) is 45.2 Å². The molecule has 2 N–H and O–H groups in total. The van der Waals surface area contributed by atoms with E-state index in [9.17, 15) is 5.11 Å². The molecule has 0 amide bonds. The van der Waals surface area contributed by atoms with Crippen molar-refractivity contribution in [2.45, 2.75) is 84.0 Å². The summed E-state index contributed by atoms with van der Waals surface area (Å²) in [7, 11) is 0. The highest BCUT2D eigenvalue weighted by molar-refractivity contribution is 5.19. The lowest BCUT2D eigenvalue weighted by molar-refractivity contribution is -0.200. The molecule has 2 rings (SSSR count). The first-order valence-corrected chi connectivity index (χ1v) is 8.45. The highest BCUT2D eigenvalue weighted by Crippen LogP contribution is 2.48. The Labute approximate surface area is 130 Å². The number of nitrogens with one attached hydrogen (secondary N) is 1. The van der Waals surface area contributed by atoms with Crippen LogP contribution in [0.3, 0.4) is 0 Å². The molecule has 1 heterocycles. The average molecular weight is 295 g/mol. The van der Waals surface area contributed by atoms with Gasteiger partial charge in [-0.3, -0.25) is 0 Å². The van der Waals surface area contributed by atoms with E-state index >= 15 is 0 Å². The topological polar surface area (TPSA) is 41.5 Å². The maximum absolute atomic E-state index is 9.88. The molecule has 0 spiro atoms. The van der Waals surface area contributed by atoms with E-state index in [1.54, 1.807) is 0 Å². The molecule has 3 nitrogen and oxygen atoms in total. The Balaban J connectivity index is 2.20. The van der Waals surface area contributed by atoms with Crippen molar-refractivity contribution in [3.8, 4) is 0 Å². The largest absolute Gasteiger partial charge is 0.393 e. The molecular weight excluding hydrogens is 262 g/mol. The first-order valence-electron chi connectivity index (χ1n) is 8.45. The summed E-state index contributed by atoms with van der Waals surface area (Å²) < 4.78 is 6.81. The van der Waals surface area contributed by atoms with Crippen molar-refractivity contribution in [3.63, 3.8) is 0 Å². The molecule has 1 aliphatic carbocycles. The van der Waals surface area contributed by atoms with E-state index < -0.39 is 0 Å². The number of rotatable bonds is 3. The zero-order valence-corrected chi connectivity index (χ0v) is 14.5. The van der Waals surface area contributed by atoms with Crippen molar-refractivity contribution < 1.29 is 9.84 Å². The summed E-state index contributed by atoms with van der Waals surface area (Å²) in [5.74, 6) is 0. The first kappa shape index (κ1) is 17.0. The predicted molar refractivity (Wildman–Crippen MR) is 87.4 cm³/mol. The van der Waals surface area contributed by atoms with Crippen LogP contribution in [0.15, 0.2) is 11.6 Å². The summed E-state index contributed by atoms with van der Waals surface area (Å²) in [6.07, 6.45) is 6.82. The van der Waals surface area contributed by atoms with Gasteiger partial charge >= 0.3 is 0 Å². The average Bonchev–Trinajstić information content (AvgIpc) is 2.41. The van der Waals surface area contributed by atoms with Crippen LogP contribution >= 0.6 is 0 Å². The molecule has 3 heteroatoms. The molecule has 0 aromatic rings. The molecule has 2 aliphatic rings. The Kier molecular flexibility index (Phi) is 4.87. The summed E-state index contributed by atoms with van der Waals surface area (Å²) in [6, 6.07) is 0. The normalized spacial score (nSPS) is 31.9. The fourth-order valence-corrected chi connectivity index (χ4v) is 3.80. The van der Waals surface area contributed by atoms with Gasteiger partial charge < -0.3 is 15.2 Å². The van der Waals surface area contributed by atoms with Gasteiger partial charge in [0, 0.05) is 6.54 Å². The second-order valence-corrected chi connectivity index (χ2v) is 8.27. The number of aliphatic hydroxyl groups excluding tert-OH is 1. The molecule has 1 aliphatic heterocycles. The summed E-state index contributed by atoms with van der Waals surface area (Å²) in [5.41, 5.74) is 1.13. The van der Waals surface area contributed by atoms with E-state index in [0.29, 0.717) is 0 Å². The number of ether oxygens (including phenoxy) is 1. The number of hydrogen-bond donors (Lipinski definition) is 2. The summed E-state index contributed by atoms with van der Waals surface area (Å²) in [5, 5.41) is 13.2. The smallest absolute Gasteiger partial charge is 0.0844 e. The SMILES string of the molecule is CC(C)(O[C@]1(C(C)(C)C)CC[C@@H](O)CC1)C1=CCNCC1. The van der Waals surface area contributed by atoms with Crippen molar-refractivity contribution in [3.05, 3.63) is 11.6 Å². The van der Waals surface area contributed by atoms with Gasteiger partial charge in [0.25, 0.3) is 0 Å². The fourth-order valence-electron chi connectivity index (χ4n) is 3.80. The van der Waals surface area contributed by atoms with E-state index in [4.69, 9.17) is 4.74 Å². The van der Waals surface area contributed by atoms with Gasteiger partial charge in [-0.05, 0) is 63.5 Å². The van der Waals surface area contributed by atoms with Crippen LogP contribution in [-0.4, -0.2) is 35.5 Å². The van der Waals surface area contributed by atoms with Gasteiger partial charge in [-0.1, -0.05) is 26.8 Å². The lowest BCUT2D eigenvalue weighted by Crippen LogP contribution is -2.54. The second-order valence-electron chi connectivity index (χ2n) is 8.27. The van der Waals surface area contributed by atoms with Crippen molar-refractivity contribution in [2.75, 3.05) is 13.1 Å². The molecule has 21 heavy (non-hydrogen) atoms. The van der Waals surface area contributed by atoms with Gasteiger partial charge in [0.1, 0.15) is 0 Å². The summed E-state index contributed by atoms with van der Waals surface area (Å²) in [6.45, 7) is 13.2. The molecule has 0 bridgehead atoms. The Hall–Kier alpha value is -0.380. The minimum Gasteiger partial charge on any atom is -0.393 e. The van der Waals surface area contributed by atoms with Gasteiger partial charge in [-0.2, -0.15) is 0 Å². The van der Waals surface area contributed by atoms with Crippen molar-refractivity contribution in [2.24, 2.45) is 5.41 Å². The molecule has 1 fully saturated rings. The molecule has 0 atom stereocenters. The van der Waals surface area contributed by atoms with Crippen molar-refractivity contribution in [1.29, 1.82) is 0 Å². The minimum absolute atomic E-state index is 0.0812. The molecule has 1 saturated carbocycles. The lowest BCUT2D eigenvalue weighted by atomic mass is 9.67. The zero-order valence-electron chi connectivity index (χ0n) is 14.5. The Morgan fingerprint density at radius 2 is 1.81 bits per heavy atom. The molecule has 122 valence electrons. The predicted octanol–water partition coefficient (Wildman–Crippen LogP) is 3.42. The number of hydrogen-bond acceptors (Lipinski definition) is 3. The van der Waals surface area contributed by atoms with Gasteiger partial charge in [0.2, 0.25) is 0 Å². The Bertz CT molecular complexity index is 385. The van der Waals surface area contributed by atoms with Gasteiger partial charge in [-0.25, -0.2) is 0 Å². The third-order valence-electron chi connectivity index (χ3n) is 5.42. The van der Waals surface area contributed by atoms with Gasteiger partial charge in [0.05, 0.1) is 17.3 Å². The van der Waals surface area contributed by atoms with Crippen LogP contribution in [0.2, 0.25) is 0 Å². The van der Waals surface area contributed by atoms with Crippen LogP contribution in [0.1, 0.15) is 66.7 Å². The maximum atomic E-state index is 9.88. The van der Waals surface area contributed by atoms with E-state index in [1.807, 2.05) is 0 Å². The third-order valence-corrected chi connectivity index (χ3v) is 5.42. The molecular formula is C18H33NO2. The van der Waals surface area contributed by atoms with E-state index in [2.05, 4.69) is 46.0 Å². The lowest BCUT2D eigenvalue weighted by Gasteiger charge is -2.52. The Morgan fingerprint density at radius 3 is 2.29 bits per heavy atom.